The van der Waals surface area contributed by atoms with Crippen LogP contribution >= 0.6 is 0 Å². The summed E-state index contributed by atoms with van der Waals surface area (Å²) >= 11 is 0. The number of rotatable bonds is 3. The van der Waals surface area contributed by atoms with Crippen LogP contribution in [0.3, 0.4) is 0 Å². The van der Waals surface area contributed by atoms with E-state index in [2.05, 4.69) is 22.4 Å². The first-order chi connectivity index (χ1) is 11.2. The molecule has 1 aliphatic heterocycles. The van der Waals surface area contributed by atoms with E-state index >= 15 is 0 Å². The quantitative estimate of drug-likeness (QED) is 0.944. The smallest absolute Gasteiger partial charge is 0.257 e. The molecule has 2 aromatic rings. The lowest BCUT2D eigenvalue weighted by Crippen LogP contribution is -2.48. The second-order valence-corrected chi connectivity index (χ2v) is 5.69. The number of ether oxygens (including phenoxy) is 1. The SMILES string of the molecule is COc1cnc(C)cc1C(=O)N1CCNC(c2ccccc2)C1. The first-order valence-corrected chi connectivity index (χ1v) is 7.77. The molecule has 1 fully saturated rings. The number of aryl methyl sites for hydroxylation is 1. The molecule has 0 bridgehead atoms. The van der Waals surface area contributed by atoms with Gasteiger partial charge in [0.2, 0.25) is 0 Å². The van der Waals surface area contributed by atoms with Crippen molar-refractivity contribution in [2.24, 2.45) is 0 Å². The molecule has 1 N–H and O–H groups in total. The number of methoxy groups -OCH3 is 1. The van der Waals surface area contributed by atoms with E-state index in [9.17, 15) is 4.79 Å². The zero-order chi connectivity index (χ0) is 16.2. The van der Waals surface area contributed by atoms with Crippen molar-refractivity contribution < 1.29 is 9.53 Å². The lowest BCUT2D eigenvalue weighted by atomic mass is 10.0. The fraction of sp³-hybridized carbons (Fsp3) is 0.333. The maximum Gasteiger partial charge on any atom is 0.257 e. The summed E-state index contributed by atoms with van der Waals surface area (Å²) in [4.78, 5) is 19.0. The summed E-state index contributed by atoms with van der Waals surface area (Å²) in [6.07, 6.45) is 1.61. The minimum absolute atomic E-state index is 0.00483. The lowest BCUT2D eigenvalue weighted by molar-refractivity contribution is 0.0699. The van der Waals surface area contributed by atoms with Gasteiger partial charge in [-0.25, -0.2) is 0 Å². The molecule has 0 saturated carbocycles. The lowest BCUT2D eigenvalue weighted by Gasteiger charge is -2.34. The molecule has 2 heterocycles. The topological polar surface area (TPSA) is 54.5 Å². The van der Waals surface area contributed by atoms with E-state index in [4.69, 9.17) is 4.74 Å². The van der Waals surface area contributed by atoms with Crippen molar-refractivity contribution in [2.75, 3.05) is 26.7 Å². The third kappa shape index (κ3) is 3.35. The molecule has 5 heteroatoms. The van der Waals surface area contributed by atoms with Gasteiger partial charge in [0.25, 0.3) is 5.91 Å². The van der Waals surface area contributed by atoms with Crippen LogP contribution in [0, 0.1) is 6.92 Å². The Morgan fingerprint density at radius 1 is 1.35 bits per heavy atom. The van der Waals surface area contributed by atoms with Crippen molar-refractivity contribution >= 4 is 5.91 Å². The molecule has 0 aliphatic carbocycles. The number of amides is 1. The predicted octanol–water partition coefficient (Wildman–Crippen LogP) is 2.19. The average molecular weight is 311 g/mol. The van der Waals surface area contributed by atoms with Gasteiger partial charge in [-0.15, -0.1) is 0 Å². The Labute approximate surface area is 136 Å². The predicted molar refractivity (Wildman–Crippen MR) is 88.6 cm³/mol. The summed E-state index contributed by atoms with van der Waals surface area (Å²) in [5.74, 6) is 0.519. The van der Waals surface area contributed by atoms with Crippen LogP contribution in [0.15, 0.2) is 42.6 Å². The average Bonchev–Trinajstić information content (AvgIpc) is 2.62. The van der Waals surface area contributed by atoms with Crippen LogP contribution in [0.1, 0.15) is 27.7 Å². The summed E-state index contributed by atoms with van der Waals surface area (Å²) in [5, 5.41) is 3.47. The van der Waals surface area contributed by atoms with Gasteiger partial charge >= 0.3 is 0 Å². The number of aromatic nitrogens is 1. The Kier molecular flexibility index (Phi) is 4.57. The number of carbonyl (C=O) groups excluding carboxylic acids is 1. The largest absolute Gasteiger partial charge is 0.494 e. The number of benzene rings is 1. The fourth-order valence-corrected chi connectivity index (χ4v) is 2.89. The van der Waals surface area contributed by atoms with Crippen molar-refractivity contribution in [3.8, 4) is 5.75 Å². The zero-order valence-electron chi connectivity index (χ0n) is 13.5. The standard InChI is InChI=1S/C18H21N3O2/c1-13-10-15(17(23-2)11-20-13)18(22)21-9-8-19-16(12-21)14-6-4-3-5-7-14/h3-7,10-11,16,19H,8-9,12H2,1-2H3. The highest BCUT2D eigenvalue weighted by molar-refractivity contribution is 5.97. The normalized spacial score (nSPS) is 17.8. The summed E-state index contributed by atoms with van der Waals surface area (Å²) in [7, 11) is 1.56. The molecule has 1 unspecified atom stereocenters. The highest BCUT2D eigenvalue weighted by Crippen LogP contribution is 2.23. The number of pyridine rings is 1. The Morgan fingerprint density at radius 2 is 2.13 bits per heavy atom. The second kappa shape index (κ2) is 6.79. The van der Waals surface area contributed by atoms with Gasteiger partial charge < -0.3 is 15.0 Å². The number of hydrogen-bond donors (Lipinski definition) is 1. The first-order valence-electron chi connectivity index (χ1n) is 7.77. The molecule has 1 saturated heterocycles. The van der Waals surface area contributed by atoms with Gasteiger partial charge in [0.05, 0.1) is 18.9 Å². The van der Waals surface area contributed by atoms with E-state index in [-0.39, 0.29) is 11.9 Å². The van der Waals surface area contributed by atoms with E-state index in [0.29, 0.717) is 24.4 Å². The van der Waals surface area contributed by atoms with Crippen LogP contribution in [-0.4, -0.2) is 42.5 Å². The minimum Gasteiger partial charge on any atom is -0.494 e. The molecule has 1 aliphatic rings. The second-order valence-electron chi connectivity index (χ2n) is 5.69. The summed E-state index contributed by atoms with van der Waals surface area (Å²) < 4.78 is 5.30. The Balaban J connectivity index is 1.81. The molecule has 23 heavy (non-hydrogen) atoms. The molecule has 1 aromatic carbocycles. The van der Waals surface area contributed by atoms with E-state index in [1.165, 1.54) is 5.56 Å². The third-order valence-corrected chi connectivity index (χ3v) is 4.12. The van der Waals surface area contributed by atoms with Crippen molar-refractivity contribution in [3.63, 3.8) is 0 Å². The highest BCUT2D eigenvalue weighted by Gasteiger charge is 2.26. The van der Waals surface area contributed by atoms with Crippen molar-refractivity contribution in [1.29, 1.82) is 0 Å². The van der Waals surface area contributed by atoms with Crippen molar-refractivity contribution in [2.45, 2.75) is 13.0 Å². The van der Waals surface area contributed by atoms with Crippen LogP contribution in [-0.2, 0) is 0 Å². The highest BCUT2D eigenvalue weighted by atomic mass is 16.5. The molecule has 0 radical (unpaired) electrons. The van der Waals surface area contributed by atoms with Crippen molar-refractivity contribution in [3.05, 3.63) is 59.4 Å². The number of piperazine rings is 1. The molecule has 1 amide bonds. The van der Waals surface area contributed by atoms with Crippen LogP contribution in [0.5, 0.6) is 5.75 Å². The zero-order valence-corrected chi connectivity index (χ0v) is 13.5. The van der Waals surface area contributed by atoms with Gasteiger partial charge in [-0.2, -0.15) is 0 Å². The van der Waals surface area contributed by atoms with E-state index in [0.717, 1.165) is 12.2 Å². The molecule has 120 valence electrons. The number of nitrogens with zero attached hydrogens (tertiary/aromatic N) is 2. The van der Waals surface area contributed by atoms with Crippen molar-refractivity contribution in [1.82, 2.24) is 15.2 Å². The molecule has 1 atom stereocenters. The third-order valence-electron chi connectivity index (χ3n) is 4.12. The van der Waals surface area contributed by atoms with Gasteiger partial charge in [0.1, 0.15) is 5.75 Å². The molecule has 3 rings (SSSR count). The fourth-order valence-electron chi connectivity index (χ4n) is 2.89. The summed E-state index contributed by atoms with van der Waals surface area (Å²) in [6.45, 7) is 3.98. The molecular weight excluding hydrogens is 290 g/mol. The Morgan fingerprint density at radius 3 is 2.87 bits per heavy atom. The Hall–Kier alpha value is -2.40. The maximum absolute atomic E-state index is 12.9. The number of nitrogens with one attached hydrogen (secondary N) is 1. The number of carbonyl (C=O) groups is 1. The van der Waals surface area contributed by atoms with Crippen LogP contribution in [0.2, 0.25) is 0 Å². The summed E-state index contributed by atoms with van der Waals surface area (Å²) in [6, 6.07) is 12.2. The first kappa shape index (κ1) is 15.5. The molecule has 5 nitrogen and oxygen atoms in total. The van der Waals surface area contributed by atoms with Crippen LogP contribution in [0.25, 0.3) is 0 Å². The van der Waals surface area contributed by atoms with Crippen LogP contribution in [0.4, 0.5) is 0 Å². The molecular formula is C18H21N3O2. The molecule has 1 aromatic heterocycles. The monoisotopic (exact) mass is 311 g/mol. The van der Waals surface area contributed by atoms with Gasteiger partial charge in [-0.1, -0.05) is 30.3 Å². The number of hydrogen-bond acceptors (Lipinski definition) is 4. The Bertz CT molecular complexity index is 688. The van der Waals surface area contributed by atoms with E-state index in [1.807, 2.05) is 30.0 Å². The van der Waals surface area contributed by atoms with Gasteiger partial charge in [0.15, 0.2) is 0 Å². The van der Waals surface area contributed by atoms with Gasteiger partial charge in [-0.3, -0.25) is 9.78 Å². The molecule has 0 spiro atoms. The van der Waals surface area contributed by atoms with Gasteiger partial charge in [-0.05, 0) is 18.6 Å². The minimum atomic E-state index is -0.00483. The van der Waals surface area contributed by atoms with Crippen LogP contribution < -0.4 is 10.1 Å². The summed E-state index contributed by atoms with van der Waals surface area (Å²) in [5.41, 5.74) is 2.58. The van der Waals surface area contributed by atoms with E-state index in [1.54, 1.807) is 19.4 Å². The maximum atomic E-state index is 12.9. The van der Waals surface area contributed by atoms with Gasteiger partial charge in [0, 0.05) is 31.4 Å². The van der Waals surface area contributed by atoms with E-state index < -0.39 is 0 Å².